The molecule has 0 spiro atoms. The average molecular weight is 289 g/mol. The lowest BCUT2D eigenvalue weighted by Gasteiger charge is -2.12. The molecule has 0 amide bonds. The Bertz CT molecular complexity index is 378. The Labute approximate surface area is 102 Å². The second kappa shape index (κ2) is 5.86. The van der Waals surface area contributed by atoms with Crippen molar-refractivity contribution in [2.24, 2.45) is 0 Å². The quantitative estimate of drug-likeness (QED) is 0.854. The average Bonchev–Trinajstić information content (AvgIpc) is 2.28. The zero-order valence-electron chi connectivity index (χ0n) is 9.07. The molecule has 4 nitrogen and oxygen atoms in total. The molecule has 0 aliphatic carbocycles. The van der Waals surface area contributed by atoms with Gasteiger partial charge in [0.15, 0.2) is 6.10 Å². The van der Waals surface area contributed by atoms with E-state index in [1.807, 2.05) is 12.1 Å². The summed E-state index contributed by atoms with van der Waals surface area (Å²) in [4.78, 5) is 11.1. The summed E-state index contributed by atoms with van der Waals surface area (Å²) in [6.45, 7) is 0. The molecule has 1 atom stereocenters. The molecule has 0 aromatic heterocycles. The van der Waals surface area contributed by atoms with Crippen molar-refractivity contribution in [1.29, 1.82) is 0 Å². The summed E-state index contributed by atoms with van der Waals surface area (Å²) >= 11 is 3.33. The van der Waals surface area contributed by atoms with Crippen LogP contribution in [0.3, 0.4) is 0 Å². The van der Waals surface area contributed by atoms with E-state index in [9.17, 15) is 9.90 Å². The van der Waals surface area contributed by atoms with Gasteiger partial charge in [-0.1, -0.05) is 12.1 Å². The number of carbonyl (C=O) groups is 1. The van der Waals surface area contributed by atoms with Gasteiger partial charge in [-0.2, -0.15) is 0 Å². The maximum atomic E-state index is 11.1. The van der Waals surface area contributed by atoms with Gasteiger partial charge in [0.2, 0.25) is 0 Å². The van der Waals surface area contributed by atoms with Gasteiger partial charge in [0.05, 0.1) is 18.7 Å². The number of aliphatic hydroxyl groups is 1. The van der Waals surface area contributed by atoms with Gasteiger partial charge in [-0.15, -0.1) is 0 Å². The molecule has 1 unspecified atom stereocenters. The standard InChI is InChI=1S/C11H13BrO4/c1-15-10-7(4-3-5-8(10)12)6-9(13)11(14)16-2/h3-5,9,13H,6H2,1-2H3. The van der Waals surface area contributed by atoms with Gasteiger partial charge in [-0.3, -0.25) is 0 Å². The van der Waals surface area contributed by atoms with E-state index in [-0.39, 0.29) is 6.42 Å². The number of aliphatic hydroxyl groups excluding tert-OH is 1. The lowest BCUT2D eigenvalue weighted by atomic mass is 10.1. The van der Waals surface area contributed by atoms with E-state index in [4.69, 9.17) is 4.74 Å². The van der Waals surface area contributed by atoms with E-state index < -0.39 is 12.1 Å². The van der Waals surface area contributed by atoms with E-state index >= 15 is 0 Å². The van der Waals surface area contributed by atoms with Crippen molar-refractivity contribution >= 4 is 21.9 Å². The van der Waals surface area contributed by atoms with E-state index in [1.165, 1.54) is 14.2 Å². The molecule has 16 heavy (non-hydrogen) atoms. The Morgan fingerprint density at radius 3 is 2.75 bits per heavy atom. The number of benzene rings is 1. The van der Waals surface area contributed by atoms with Crippen LogP contribution in [-0.4, -0.2) is 31.4 Å². The van der Waals surface area contributed by atoms with Crippen molar-refractivity contribution < 1.29 is 19.4 Å². The molecule has 0 saturated carbocycles. The van der Waals surface area contributed by atoms with Crippen LogP contribution in [0.1, 0.15) is 5.56 Å². The molecule has 0 aliphatic rings. The monoisotopic (exact) mass is 288 g/mol. The third-order valence-corrected chi connectivity index (χ3v) is 2.76. The molecule has 0 radical (unpaired) electrons. The number of rotatable bonds is 4. The van der Waals surface area contributed by atoms with Crippen LogP contribution in [0.15, 0.2) is 22.7 Å². The Morgan fingerprint density at radius 1 is 1.50 bits per heavy atom. The van der Waals surface area contributed by atoms with Crippen LogP contribution < -0.4 is 4.74 Å². The molecule has 0 fully saturated rings. The van der Waals surface area contributed by atoms with Crippen molar-refractivity contribution in [3.05, 3.63) is 28.2 Å². The zero-order chi connectivity index (χ0) is 12.1. The van der Waals surface area contributed by atoms with E-state index in [0.717, 1.165) is 10.0 Å². The maximum Gasteiger partial charge on any atom is 0.335 e. The van der Waals surface area contributed by atoms with Crippen molar-refractivity contribution in [2.45, 2.75) is 12.5 Å². The minimum absolute atomic E-state index is 0.162. The summed E-state index contributed by atoms with van der Waals surface area (Å²) in [5.41, 5.74) is 0.745. The van der Waals surface area contributed by atoms with Gasteiger partial charge in [0, 0.05) is 6.42 Å². The first-order chi connectivity index (χ1) is 7.60. The summed E-state index contributed by atoms with van der Waals surface area (Å²) in [5.74, 6) is -0.0347. The highest BCUT2D eigenvalue weighted by Gasteiger charge is 2.18. The largest absolute Gasteiger partial charge is 0.495 e. The summed E-state index contributed by atoms with van der Waals surface area (Å²) in [6, 6.07) is 5.43. The van der Waals surface area contributed by atoms with Crippen molar-refractivity contribution in [2.75, 3.05) is 14.2 Å². The second-order valence-corrected chi connectivity index (χ2v) is 4.03. The number of esters is 1. The van der Waals surface area contributed by atoms with Gasteiger partial charge in [-0.05, 0) is 27.6 Å². The molecule has 0 aliphatic heterocycles. The van der Waals surface area contributed by atoms with Gasteiger partial charge >= 0.3 is 5.97 Å². The SMILES string of the molecule is COC(=O)C(O)Cc1cccc(Br)c1OC. The molecule has 1 aromatic rings. The maximum absolute atomic E-state index is 11.1. The highest BCUT2D eigenvalue weighted by molar-refractivity contribution is 9.10. The topological polar surface area (TPSA) is 55.8 Å². The predicted octanol–water partition coefficient (Wildman–Crippen LogP) is 1.53. The fourth-order valence-corrected chi connectivity index (χ4v) is 1.94. The number of carbonyl (C=O) groups excluding carboxylic acids is 1. The van der Waals surface area contributed by atoms with Gasteiger partial charge in [0.25, 0.3) is 0 Å². The second-order valence-electron chi connectivity index (χ2n) is 3.18. The van der Waals surface area contributed by atoms with E-state index in [1.54, 1.807) is 6.07 Å². The number of hydrogen-bond acceptors (Lipinski definition) is 4. The molecule has 88 valence electrons. The summed E-state index contributed by atoms with van der Waals surface area (Å²) in [5, 5.41) is 9.54. The highest BCUT2D eigenvalue weighted by Crippen LogP contribution is 2.29. The first-order valence-electron chi connectivity index (χ1n) is 4.67. The molecule has 1 aromatic carbocycles. The normalized spacial score (nSPS) is 12.0. The number of ether oxygens (including phenoxy) is 2. The molecule has 0 saturated heterocycles. The van der Waals surface area contributed by atoms with Crippen molar-refractivity contribution in [3.63, 3.8) is 0 Å². The van der Waals surface area contributed by atoms with Crippen LogP contribution in [0.5, 0.6) is 5.75 Å². The minimum atomic E-state index is -1.17. The van der Waals surface area contributed by atoms with E-state index in [0.29, 0.717) is 5.75 Å². The number of para-hydroxylation sites is 1. The Hall–Kier alpha value is -1.07. The van der Waals surface area contributed by atoms with Crippen LogP contribution in [0, 0.1) is 0 Å². The predicted molar refractivity (Wildman–Crippen MR) is 62.4 cm³/mol. The lowest BCUT2D eigenvalue weighted by molar-refractivity contribution is -0.150. The van der Waals surface area contributed by atoms with Gasteiger partial charge < -0.3 is 14.6 Å². The smallest absolute Gasteiger partial charge is 0.335 e. The van der Waals surface area contributed by atoms with Crippen LogP contribution in [0.2, 0.25) is 0 Å². The molecular formula is C11H13BrO4. The summed E-state index contributed by atoms with van der Waals surface area (Å²) in [6.07, 6.45) is -1.01. The number of halogens is 1. The first-order valence-corrected chi connectivity index (χ1v) is 5.46. The third-order valence-electron chi connectivity index (χ3n) is 2.14. The minimum Gasteiger partial charge on any atom is -0.495 e. The van der Waals surface area contributed by atoms with Crippen LogP contribution in [0.4, 0.5) is 0 Å². The Kier molecular flexibility index (Phi) is 4.76. The fourth-order valence-electron chi connectivity index (χ4n) is 1.37. The van der Waals surface area contributed by atoms with Gasteiger partial charge in [-0.25, -0.2) is 4.79 Å². The zero-order valence-corrected chi connectivity index (χ0v) is 10.7. The molecule has 0 bridgehead atoms. The van der Waals surface area contributed by atoms with Gasteiger partial charge in [0.1, 0.15) is 5.75 Å². The summed E-state index contributed by atoms with van der Waals surface area (Å²) in [7, 11) is 2.78. The molecule has 5 heteroatoms. The van der Waals surface area contributed by atoms with Crippen LogP contribution in [0.25, 0.3) is 0 Å². The van der Waals surface area contributed by atoms with Crippen LogP contribution >= 0.6 is 15.9 Å². The third kappa shape index (κ3) is 2.96. The van der Waals surface area contributed by atoms with Crippen LogP contribution in [-0.2, 0) is 16.0 Å². The Morgan fingerprint density at radius 2 is 2.19 bits per heavy atom. The molecule has 1 N–H and O–H groups in total. The van der Waals surface area contributed by atoms with E-state index in [2.05, 4.69) is 20.7 Å². The Balaban J connectivity index is 2.88. The molecule has 0 heterocycles. The fraction of sp³-hybridized carbons (Fsp3) is 0.364. The summed E-state index contributed by atoms with van der Waals surface area (Å²) < 4.78 is 10.4. The van der Waals surface area contributed by atoms with Crippen molar-refractivity contribution in [1.82, 2.24) is 0 Å². The van der Waals surface area contributed by atoms with Crippen molar-refractivity contribution in [3.8, 4) is 5.75 Å². The highest BCUT2D eigenvalue weighted by atomic mass is 79.9. The number of hydrogen-bond donors (Lipinski definition) is 1. The first kappa shape index (κ1) is 13.0. The lowest BCUT2D eigenvalue weighted by Crippen LogP contribution is -2.24. The molecular weight excluding hydrogens is 276 g/mol. The molecule has 1 rings (SSSR count). The number of methoxy groups -OCH3 is 2.